The van der Waals surface area contributed by atoms with Crippen LogP contribution in [0.2, 0.25) is 0 Å². The summed E-state index contributed by atoms with van der Waals surface area (Å²) in [6, 6.07) is 3.64. The summed E-state index contributed by atoms with van der Waals surface area (Å²) < 4.78 is 0. The van der Waals surface area contributed by atoms with Crippen LogP contribution < -0.4 is 0 Å². The van der Waals surface area contributed by atoms with E-state index >= 15 is 0 Å². The monoisotopic (exact) mass is 248 g/mol. The SMILES string of the molecule is CCCCCCC(=O)c1cc(C)c(O)c(CC)c1. The number of hydrogen-bond acceptors (Lipinski definition) is 2. The topological polar surface area (TPSA) is 37.3 Å². The Bertz CT molecular complexity index is 408. The summed E-state index contributed by atoms with van der Waals surface area (Å²) in [6.07, 6.45) is 5.85. The molecule has 2 heteroatoms. The summed E-state index contributed by atoms with van der Waals surface area (Å²) in [5.41, 5.74) is 2.41. The normalized spacial score (nSPS) is 10.6. The van der Waals surface area contributed by atoms with Crippen LogP contribution in [0, 0.1) is 6.92 Å². The largest absolute Gasteiger partial charge is 0.507 e. The minimum atomic E-state index is 0.198. The van der Waals surface area contributed by atoms with Crippen molar-refractivity contribution >= 4 is 5.78 Å². The van der Waals surface area contributed by atoms with Gasteiger partial charge in [-0.05, 0) is 43.0 Å². The van der Waals surface area contributed by atoms with E-state index in [4.69, 9.17) is 0 Å². The Hall–Kier alpha value is -1.31. The third-order valence-electron chi connectivity index (χ3n) is 3.34. The number of aromatic hydroxyl groups is 1. The number of benzene rings is 1. The van der Waals surface area contributed by atoms with E-state index < -0.39 is 0 Å². The Morgan fingerprint density at radius 1 is 1.17 bits per heavy atom. The van der Waals surface area contributed by atoms with Crippen molar-refractivity contribution in [3.8, 4) is 5.75 Å². The minimum absolute atomic E-state index is 0.198. The van der Waals surface area contributed by atoms with Crippen molar-refractivity contribution in [2.75, 3.05) is 0 Å². The van der Waals surface area contributed by atoms with Crippen LogP contribution in [-0.4, -0.2) is 10.9 Å². The molecule has 0 amide bonds. The molecule has 0 saturated carbocycles. The van der Waals surface area contributed by atoms with Crippen molar-refractivity contribution in [1.82, 2.24) is 0 Å². The number of unbranched alkanes of at least 4 members (excludes halogenated alkanes) is 3. The Morgan fingerprint density at radius 3 is 2.50 bits per heavy atom. The lowest BCUT2D eigenvalue weighted by Gasteiger charge is -2.09. The first-order chi connectivity index (χ1) is 8.60. The second-order valence-electron chi connectivity index (χ2n) is 4.89. The highest BCUT2D eigenvalue weighted by Gasteiger charge is 2.11. The molecule has 0 aromatic heterocycles. The van der Waals surface area contributed by atoms with E-state index in [-0.39, 0.29) is 5.78 Å². The van der Waals surface area contributed by atoms with Crippen LogP contribution in [-0.2, 0) is 6.42 Å². The third-order valence-corrected chi connectivity index (χ3v) is 3.34. The molecule has 0 aliphatic rings. The average molecular weight is 248 g/mol. The molecule has 1 N–H and O–H groups in total. The summed E-state index contributed by atoms with van der Waals surface area (Å²) in [5.74, 6) is 0.531. The first-order valence-electron chi connectivity index (χ1n) is 6.95. The first-order valence-corrected chi connectivity index (χ1v) is 6.95. The predicted molar refractivity (Wildman–Crippen MR) is 75.3 cm³/mol. The molecule has 2 nitrogen and oxygen atoms in total. The van der Waals surface area contributed by atoms with Gasteiger partial charge in [0.05, 0.1) is 0 Å². The highest BCUT2D eigenvalue weighted by Crippen LogP contribution is 2.25. The van der Waals surface area contributed by atoms with Crippen LogP contribution in [0.25, 0.3) is 0 Å². The van der Waals surface area contributed by atoms with Crippen molar-refractivity contribution < 1.29 is 9.90 Å². The van der Waals surface area contributed by atoms with E-state index in [0.717, 1.165) is 36.0 Å². The fraction of sp³-hybridized carbons (Fsp3) is 0.562. The Balaban J connectivity index is 2.71. The Labute approximate surface area is 110 Å². The standard InChI is InChI=1S/C16H24O2/c1-4-6-7-8-9-15(17)14-10-12(3)16(18)13(5-2)11-14/h10-11,18H,4-9H2,1-3H3. The molecule has 0 saturated heterocycles. The third kappa shape index (κ3) is 3.86. The van der Waals surface area contributed by atoms with Gasteiger partial charge in [-0.1, -0.05) is 33.1 Å². The molecule has 18 heavy (non-hydrogen) atoms. The molecule has 0 aliphatic heterocycles. The van der Waals surface area contributed by atoms with Gasteiger partial charge >= 0.3 is 0 Å². The molecule has 0 atom stereocenters. The fourth-order valence-electron chi connectivity index (χ4n) is 2.14. The van der Waals surface area contributed by atoms with E-state index in [1.807, 2.05) is 19.9 Å². The van der Waals surface area contributed by atoms with Crippen LogP contribution in [0.3, 0.4) is 0 Å². The van der Waals surface area contributed by atoms with Gasteiger partial charge in [0.1, 0.15) is 5.75 Å². The minimum Gasteiger partial charge on any atom is -0.507 e. The van der Waals surface area contributed by atoms with Gasteiger partial charge in [-0.25, -0.2) is 0 Å². The summed E-state index contributed by atoms with van der Waals surface area (Å²) in [4.78, 5) is 12.1. The van der Waals surface area contributed by atoms with Crippen molar-refractivity contribution in [1.29, 1.82) is 0 Å². The summed E-state index contributed by atoms with van der Waals surface area (Å²) >= 11 is 0. The lowest BCUT2D eigenvalue weighted by Crippen LogP contribution is -2.01. The number of phenolic OH excluding ortho intramolecular Hbond substituents is 1. The van der Waals surface area contributed by atoms with Gasteiger partial charge in [0, 0.05) is 12.0 Å². The molecule has 0 unspecified atom stereocenters. The summed E-state index contributed by atoms with van der Waals surface area (Å²) in [7, 11) is 0. The van der Waals surface area contributed by atoms with Crippen LogP contribution in [0.15, 0.2) is 12.1 Å². The molecule has 0 spiro atoms. The van der Waals surface area contributed by atoms with E-state index in [2.05, 4.69) is 6.92 Å². The number of Topliss-reactive ketones (excluding diaryl/α,β-unsaturated/α-hetero) is 1. The van der Waals surface area contributed by atoms with E-state index in [9.17, 15) is 9.90 Å². The highest BCUT2D eigenvalue weighted by molar-refractivity contribution is 5.96. The maximum atomic E-state index is 12.1. The Morgan fingerprint density at radius 2 is 1.89 bits per heavy atom. The van der Waals surface area contributed by atoms with Crippen molar-refractivity contribution in [2.45, 2.75) is 59.3 Å². The van der Waals surface area contributed by atoms with Crippen LogP contribution in [0.4, 0.5) is 0 Å². The van der Waals surface area contributed by atoms with Gasteiger partial charge in [0.2, 0.25) is 0 Å². The molecule has 0 fully saturated rings. The zero-order valence-electron chi connectivity index (χ0n) is 11.8. The zero-order chi connectivity index (χ0) is 13.5. The van der Waals surface area contributed by atoms with Crippen molar-refractivity contribution in [2.24, 2.45) is 0 Å². The first kappa shape index (κ1) is 14.7. The van der Waals surface area contributed by atoms with Gasteiger partial charge in [0.15, 0.2) is 5.78 Å². The van der Waals surface area contributed by atoms with E-state index in [1.54, 1.807) is 6.07 Å². The molecule has 0 bridgehead atoms. The smallest absolute Gasteiger partial charge is 0.162 e. The lowest BCUT2D eigenvalue weighted by molar-refractivity contribution is 0.0979. The summed E-state index contributed by atoms with van der Waals surface area (Å²) in [5, 5.41) is 9.84. The van der Waals surface area contributed by atoms with Crippen LogP contribution >= 0.6 is 0 Å². The molecule has 1 aromatic carbocycles. The van der Waals surface area contributed by atoms with Gasteiger partial charge in [-0.15, -0.1) is 0 Å². The fourth-order valence-corrected chi connectivity index (χ4v) is 2.14. The predicted octanol–water partition coefficient (Wildman–Crippen LogP) is 4.42. The number of carbonyl (C=O) groups excluding carboxylic acids is 1. The zero-order valence-corrected chi connectivity index (χ0v) is 11.8. The van der Waals surface area contributed by atoms with Gasteiger partial charge in [-0.3, -0.25) is 4.79 Å². The number of ketones is 1. The maximum absolute atomic E-state index is 12.1. The molecule has 1 aromatic rings. The lowest BCUT2D eigenvalue weighted by atomic mass is 9.98. The number of hydrogen-bond donors (Lipinski definition) is 1. The molecular formula is C16H24O2. The average Bonchev–Trinajstić information content (AvgIpc) is 2.37. The molecule has 0 aliphatic carbocycles. The second-order valence-corrected chi connectivity index (χ2v) is 4.89. The highest BCUT2D eigenvalue weighted by atomic mass is 16.3. The molecule has 0 radical (unpaired) electrons. The van der Waals surface area contributed by atoms with E-state index in [1.165, 1.54) is 12.8 Å². The van der Waals surface area contributed by atoms with Gasteiger partial charge < -0.3 is 5.11 Å². The van der Waals surface area contributed by atoms with Gasteiger partial charge in [0.25, 0.3) is 0 Å². The number of carbonyl (C=O) groups is 1. The quantitative estimate of drug-likeness (QED) is 0.573. The Kier molecular flexibility index (Phi) is 5.90. The van der Waals surface area contributed by atoms with Crippen molar-refractivity contribution in [3.05, 3.63) is 28.8 Å². The molecular weight excluding hydrogens is 224 g/mol. The number of phenols is 1. The molecule has 0 heterocycles. The number of rotatable bonds is 7. The van der Waals surface area contributed by atoms with E-state index in [0.29, 0.717) is 12.2 Å². The molecule has 100 valence electrons. The summed E-state index contributed by atoms with van der Waals surface area (Å²) in [6.45, 7) is 6.00. The van der Waals surface area contributed by atoms with Crippen LogP contribution in [0.1, 0.15) is 67.4 Å². The van der Waals surface area contributed by atoms with Crippen molar-refractivity contribution in [3.63, 3.8) is 0 Å². The maximum Gasteiger partial charge on any atom is 0.162 e. The molecule has 1 rings (SSSR count). The van der Waals surface area contributed by atoms with Gasteiger partial charge in [-0.2, -0.15) is 0 Å². The number of aryl methyl sites for hydroxylation is 2. The van der Waals surface area contributed by atoms with Crippen LogP contribution in [0.5, 0.6) is 5.75 Å². The second kappa shape index (κ2) is 7.20.